The highest BCUT2D eigenvalue weighted by Gasteiger charge is 2.29. The Morgan fingerprint density at radius 1 is 1.00 bits per heavy atom. The van der Waals surface area contributed by atoms with Crippen molar-refractivity contribution in [1.82, 2.24) is 19.4 Å². The van der Waals surface area contributed by atoms with E-state index in [9.17, 15) is 19.2 Å². The van der Waals surface area contributed by atoms with Crippen molar-refractivity contribution in [3.05, 3.63) is 76.2 Å². The second kappa shape index (κ2) is 11.4. The number of aryl methyl sites for hydroxylation is 1. The molecular formula is C31H34N4O5. The minimum absolute atomic E-state index is 0.141. The number of amides is 2. The van der Waals surface area contributed by atoms with Crippen LogP contribution in [0.5, 0.6) is 5.75 Å². The average Bonchev–Trinajstić information content (AvgIpc) is 3.30. The quantitative estimate of drug-likeness (QED) is 0.342. The Kier molecular flexibility index (Phi) is 7.73. The van der Waals surface area contributed by atoms with Gasteiger partial charge >= 0.3 is 0 Å². The smallest absolute Gasteiger partial charge is 0.271 e. The van der Waals surface area contributed by atoms with E-state index in [4.69, 9.17) is 4.74 Å². The Morgan fingerprint density at radius 3 is 2.35 bits per heavy atom. The lowest BCUT2D eigenvalue weighted by atomic mass is 9.96. The summed E-state index contributed by atoms with van der Waals surface area (Å²) in [6, 6.07) is 16.2. The molecule has 0 bridgehead atoms. The van der Waals surface area contributed by atoms with Gasteiger partial charge in [-0.1, -0.05) is 55.5 Å². The van der Waals surface area contributed by atoms with Gasteiger partial charge in [0.2, 0.25) is 5.91 Å². The molecule has 9 heteroatoms. The molecule has 1 aliphatic rings. The number of ether oxygens (including phenoxy) is 1. The molecule has 40 heavy (non-hydrogen) atoms. The summed E-state index contributed by atoms with van der Waals surface area (Å²) in [6.45, 7) is 3.58. The number of pyridine rings is 1. The lowest BCUT2D eigenvalue weighted by molar-refractivity contribution is -0.132. The van der Waals surface area contributed by atoms with Crippen molar-refractivity contribution in [3.8, 4) is 5.75 Å². The molecule has 0 aliphatic carbocycles. The number of ketones is 1. The van der Waals surface area contributed by atoms with Crippen LogP contribution in [0.3, 0.4) is 0 Å². The molecule has 5 rings (SSSR count). The largest absolute Gasteiger partial charge is 0.493 e. The number of methoxy groups -OCH3 is 1. The highest BCUT2D eigenvalue weighted by molar-refractivity contribution is 6.12. The van der Waals surface area contributed by atoms with Crippen LogP contribution in [0.4, 0.5) is 0 Å². The van der Waals surface area contributed by atoms with Gasteiger partial charge in [-0.2, -0.15) is 0 Å². The summed E-state index contributed by atoms with van der Waals surface area (Å²) in [7, 11) is 3.19. The number of carbonyl (C=O) groups is 3. The first-order chi connectivity index (χ1) is 19.3. The summed E-state index contributed by atoms with van der Waals surface area (Å²) < 4.78 is 8.86. The third kappa shape index (κ3) is 4.87. The van der Waals surface area contributed by atoms with Gasteiger partial charge in [-0.15, -0.1) is 0 Å². The molecule has 0 atom stereocenters. The Bertz CT molecular complexity index is 1650. The first-order valence-corrected chi connectivity index (χ1v) is 13.7. The van der Waals surface area contributed by atoms with Crippen molar-refractivity contribution in [1.29, 1.82) is 0 Å². The molecule has 3 heterocycles. The van der Waals surface area contributed by atoms with Crippen molar-refractivity contribution in [2.24, 2.45) is 13.0 Å². The predicted octanol–water partition coefficient (Wildman–Crippen LogP) is 3.76. The maximum absolute atomic E-state index is 13.9. The number of hydrogen-bond acceptors (Lipinski definition) is 5. The standard InChI is InChI=1S/C31H34N4O5/c1-4-25(37)34-16-14-20(15-17-34)18-32-30(38)28-29(40-3)26-27(33(28)2)22-12-8-9-13-23(22)35(31(26)39)19-24(36)21-10-6-5-7-11-21/h5-13,20H,4,14-19H2,1-3H3,(H,32,38). The van der Waals surface area contributed by atoms with Gasteiger partial charge < -0.3 is 19.5 Å². The summed E-state index contributed by atoms with van der Waals surface area (Å²) >= 11 is 0. The molecule has 4 aromatic rings. The van der Waals surface area contributed by atoms with Crippen LogP contribution in [0, 0.1) is 5.92 Å². The number of nitrogens with zero attached hydrogens (tertiary/aromatic N) is 3. The Balaban J connectivity index is 1.50. The zero-order valence-electron chi connectivity index (χ0n) is 23.1. The van der Waals surface area contributed by atoms with E-state index < -0.39 is 5.56 Å². The summed E-state index contributed by atoms with van der Waals surface area (Å²) in [5.41, 5.74) is 1.57. The van der Waals surface area contributed by atoms with Gasteiger partial charge in [0.1, 0.15) is 5.39 Å². The molecule has 0 spiro atoms. The van der Waals surface area contributed by atoms with Crippen LogP contribution in [0.2, 0.25) is 0 Å². The molecule has 1 aliphatic heterocycles. The molecule has 2 aromatic carbocycles. The number of fused-ring (bicyclic) bond motifs is 3. The molecule has 2 aromatic heterocycles. The first kappa shape index (κ1) is 27.2. The summed E-state index contributed by atoms with van der Waals surface area (Å²) in [5, 5.41) is 4.04. The molecular weight excluding hydrogens is 508 g/mol. The molecule has 1 N–H and O–H groups in total. The fourth-order valence-corrected chi connectivity index (χ4v) is 5.73. The van der Waals surface area contributed by atoms with Crippen LogP contribution in [0.25, 0.3) is 21.8 Å². The predicted molar refractivity (Wildman–Crippen MR) is 154 cm³/mol. The highest BCUT2D eigenvalue weighted by Crippen LogP contribution is 2.34. The third-order valence-corrected chi connectivity index (χ3v) is 7.90. The maximum Gasteiger partial charge on any atom is 0.271 e. The maximum atomic E-state index is 13.9. The van der Waals surface area contributed by atoms with Crippen LogP contribution >= 0.6 is 0 Å². The van der Waals surface area contributed by atoms with Gasteiger partial charge in [0, 0.05) is 44.1 Å². The van der Waals surface area contributed by atoms with Crippen molar-refractivity contribution in [2.75, 3.05) is 26.7 Å². The monoisotopic (exact) mass is 542 g/mol. The van der Waals surface area contributed by atoms with Crippen LogP contribution in [0.15, 0.2) is 59.4 Å². The third-order valence-electron chi connectivity index (χ3n) is 7.90. The van der Waals surface area contributed by atoms with E-state index in [2.05, 4.69) is 5.32 Å². The molecule has 9 nitrogen and oxygen atoms in total. The van der Waals surface area contributed by atoms with E-state index in [1.165, 1.54) is 11.7 Å². The average molecular weight is 543 g/mol. The molecule has 1 saturated heterocycles. The number of hydrogen-bond donors (Lipinski definition) is 1. The first-order valence-electron chi connectivity index (χ1n) is 13.7. The van der Waals surface area contributed by atoms with Crippen molar-refractivity contribution in [3.63, 3.8) is 0 Å². The minimum Gasteiger partial charge on any atom is -0.493 e. The second-order valence-electron chi connectivity index (χ2n) is 10.2. The number of para-hydroxylation sites is 1. The zero-order chi connectivity index (χ0) is 28.4. The number of benzene rings is 2. The lowest BCUT2D eigenvalue weighted by Crippen LogP contribution is -2.41. The van der Waals surface area contributed by atoms with E-state index in [1.54, 1.807) is 35.9 Å². The topological polar surface area (TPSA) is 103 Å². The fourth-order valence-electron chi connectivity index (χ4n) is 5.73. The fraction of sp³-hybridized carbons (Fsp3) is 0.355. The Labute approximate surface area is 232 Å². The van der Waals surface area contributed by atoms with Crippen LogP contribution in [-0.4, -0.2) is 58.4 Å². The number of aromatic nitrogens is 2. The van der Waals surface area contributed by atoms with E-state index >= 15 is 0 Å². The van der Waals surface area contributed by atoms with Gasteiger partial charge in [0.25, 0.3) is 11.5 Å². The molecule has 0 saturated carbocycles. The number of rotatable bonds is 8. The van der Waals surface area contributed by atoms with Gasteiger partial charge in [-0.05, 0) is 24.8 Å². The number of likely N-dealkylation sites (tertiary alicyclic amines) is 1. The van der Waals surface area contributed by atoms with Crippen molar-refractivity contribution in [2.45, 2.75) is 32.7 Å². The van der Waals surface area contributed by atoms with Crippen LogP contribution in [-0.2, 0) is 18.4 Å². The lowest BCUT2D eigenvalue weighted by Gasteiger charge is -2.32. The SMILES string of the molecule is CCC(=O)N1CCC(CNC(=O)c2c(OC)c3c(=O)n(CC(=O)c4ccccc4)c4ccccc4c3n2C)CC1. The molecule has 208 valence electrons. The van der Waals surface area contributed by atoms with E-state index in [0.717, 1.165) is 18.2 Å². The number of Topliss-reactive ketones (excluding diaryl/α,β-unsaturated/α-hetero) is 1. The van der Waals surface area contributed by atoms with Gasteiger partial charge in [0.05, 0.1) is 24.7 Å². The molecule has 2 amide bonds. The number of piperidine rings is 1. The normalized spacial score (nSPS) is 14.0. The van der Waals surface area contributed by atoms with E-state index in [-0.39, 0.29) is 46.9 Å². The highest BCUT2D eigenvalue weighted by atomic mass is 16.5. The Hall–Kier alpha value is -4.40. The minimum atomic E-state index is -0.391. The van der Waals surface area contributed by atoms with Gasteiger partial charge in [-0.25, -0.2) is 0 Å². The van der Waals surface area contributed by atoms with Crippen molar-refractivity contribution < 1.29 is 19.1 Å². The summed E-state index contributed by atoms with van der Waals surface area (Å²) in [6.07, 6.45) is 2.14. The molecule has 0 radical (unpaired) electrons. The van der Waals surface area contributed by atoms with Gasteiger partial charge in [0.15, 0.2) is 17.2 Å². The number of carbonyl (C=O) groups excluding carboxylic acids is 3. The van der Waals surface area contributed by atoms with E-state index in [0.29, 0.717) is 42.7 Å². The second-order valence-corrected chi connectivity index (χ2v) is 10.2. The zero-order valence-corrected chi connectivity index (χ0v) is 23.1. The summed E-state index contributed by atoms with van der Waals surface area (Å²) in [4.78, 5) is 54.5. The van der Waals surface area contributed by atoms with E-state index in [1.807, 2.05) is 42.2 Å². The van der Waals surface area contributed by atoms with Crippen LogP contribution in [0.1, 0.15) is 47.0 Å². The van der Waals surface area contributed by atoms with Crippen LogP contribution < -0.4 is 15.6 Å². The molecule has 0 unspecified atom stereocenters. The van der Waals surface area contributed by atoms with Crippen molar-refractivity contribution >= 4 is 39.4 Å². The number of nitrogens with one attached hydrogen (secondary N) is 1. The summed E-state index contributed by atoms with van der Waals surface area (Å²) in [5.74, 6) is 0.0819. The molecule has 1 fully saturated rings. The Morgan fingerprint density at radius 2 is 1.68 bits per heavy atom. The van der Waals surface area contributed by atoms with Gasteiger partial charge in [-0.3, -0.25) is 23.7 Å².